The van der Waals surface area contributed by atoms with E-state index in [1.807, 2.05) is 6.07 Å². The van der Waals surface area contributed by atoms with Crippen molar-refractivity contribution < 1.29 is 23.9 Å². The monoisotopic (exact) mass is 482 g/mol. The second-order valence-corrected chi connectivity index (χ2v) is 8.20. The van der Waals surface area contributed by atoms with Crippen LogP contribution in [-0.4, -0.2) is 55.0 Å². The molecular formula is C22H31BrN2O5. The fourth-order valence-electron chi connectivity index (χ4n) is 3.19. The molecule has 0 bridgehead atoms. The molecule has 2 rings (SSSR count). The number of halogens is 1. The van der Waals surface area contributed by atoms with Crippen LogP contribution < -0.4 is 10.1 Å². The Morgan fingerprint density at radius 3 is 2.67 bits per heavy atom. The second-order valence-electron chi connectivity index (χ2n) is 7.28. The summed E-state index contributed by atoms with van der Waals surface area (Å²) in [5, 5.41) is 2.74. The number of hydrogen-bond acceptors (Lipinski definition) is 5. The van der Waals surface area contributed by atoms with Gasteiger partial charge in [-0.1, -0.05) is 49.0 Å². The Hall–Kier alpha value is -2.09. The first-order valence-electron chi connectivity index (χ1n) is 10.6. The molecule has 0 saturated carbocycles. The molecule has 0 radical (unpaired) electrons. The van der Waals surface area contributed by atoms with Crippen molar-refractivity contribution in [1.82, 2.24) is 10.2 Å². The number of nitrogens with zero attached hydrogens (tertiary/aromatic N) is 1. The molecule has 1 N–H and O–H groups in total. The Morgan fingerprint density at radius 1 is 1.17 bits per heavy atom. The van der Waals surface area contributed by atoms with Gasteiger partial charge in [-0.25, -0.2) is 0 Å². The summed E-state index contributed by atoms with van der Waals surface area (Å²) in [6.07, 6.45) is 4.49. The highest BCUT2D eigenvalue weighted by molar-refractivity contribution is 9.10. The van der Waals surface area contributed by atoms with Gasteiger partial charge in [0, 0.05) is 17.6 Å². The van der Waals surface area contributed by atoms with E-state index in [1.54, 1.807) is 12.1 Å². The number of amides is 2. The van der Waals surface area contributed by atoms with Gasteiger partial charge in [0.2, 0.25) is 5.91 Å². The van der Waals surface area contributed by atoms with E-state index in [1.165, 1.54) is 4.90 Å². The molecule has 2 amide bonds. The lowest BCUT2D eigenvalue weighted by Gasteiger charge is -2.35. The quantitative estimate of drug-likeness (QED) is 0.383. The van der Waals surface area contributed by atoms with Crippen molar-refractivity contribution >= 4 is 33.7 Å². The molecule has 30 heavy (non-hydrogen) atoms. The molecule has 1 aliphatic heterocycles. The number of nitrogens with one attached hydrogen (secondary N) is 1. The fraction of sp³-hybridized carbons (Fsp3) is 0.591. The van der Waals surface area contributed by atoms with Gasteiger partial charge in [0.1, 0.15) is 11.8 Å². The Labute approximate surface area is 186 Å². The van der Waals surface area contributed by atoms with Gasteiger partial charge in [-0.05, 0) is 31.0 Å². The zero-order valence-corrected chi connectivity index (χ0v) is 19.3. The topological polar surface area (TPSA) is 84.9 Å². The summed E-state index contributed by atoms with van der Waals surface area (Å²) in [6, 6.07) is 4.35. The maximum absolute atomic E-state index is 13.3. The minimum atomic E-state index is -0.896. The smallest absolute Gasteiger partial charge is 0.308 e. The first-order valence-corrected chi connectivity index (χ1v) is 11.4. The Morgan fingerprint density at radius 2 is 1.93 bits per heavy atom. The maximum Gasteiger partial charge on any atom is 0.308 e. The molecule has 1 aromatic carbocycles. The highest BCUT2D eigenvalue weighted by Crippen LogP contribution is 2.26. The summed E-state index contributed by atoms with van der Waals surface area (Å²) in [7, 11) is 0. The minimum Gasteiger partial charge on any atom is -0.493 e. The lowest BCUT2D eigenvalue weighted by atomic mass is 10.1. The lowest BCUT2D eigenvalue weighted by molar-refractivity contribution is -0.147. The SMILES string of the molecule is CCCCCOC(=O)CC1C(=O)NCCN1C(=O)c1cc(Br)ccc1OCCCC. The van der Waals surface area contributed by atoms with E-state index >= 15 is 0 Å². The Kier molecular flexibility index (Phi) is 10.1. The third kappa shape index (κ3) is 7.00. The Balaban J connectivity index is 2.14. The van der Waals surface area contributed by atoms with Gasteiger partial charge in [0.25, 0.3) is 5.91 Å². The number of hydrogen-bond donors (Lipinski definition) is 1. The third-order valence-electron chi connectivity index (χ3n) is 4.89. The van der Waals surface area contributed by atoms with Crippen LogP contribution in [0.1, 0.15) is 62.7 Å². The predicted octanol–water partition coefficient (Wildman–Crippen LogP) is 3.69. The van der Waals surface area contributed by atoms with Crippen molar-refractivity contribution in [3.05, 3.63) is 28.2 Å². The summed E-state index contributed by atoms with van der Waals surface area (Å²) in [5.41, 5.74) is 0.372. The van der Waals surface area contributed by atoms with Gasteiger partial charge in [0.15, 0.2) is 0 Å². The number of esters is 1. The largest absolute Gasteiger partial charge is 0.493 e. The van der Waals surface area contributed by atoms with Crippen molar-refractivity contribution in [2.24, 2.45) is 0 Å². The third-order valence-corrected chi connectivity index (χ3v) is 5.38. The van der Waals surface area contributed by atoms with Gasteiger partial charge in [-0.15, -0.1) is 0 Å². The van der Waals surface area contributed by atoms with E-state index in [0.29, 0.717) is 37.6 Å². The first kappa shape index (κ1) is 24.2. The average molecular weight is 483 g/mol. The fourth-order valence-corrected chi connectivity index (χ4v) is 3.55. The highest BCUT2D eigenvalue weighted by atomic mass is 79.9. The molecule has 1 aliphatic rings. The van der Waals surface area contributed by atoms with E-state index in [2.05, 4.69) is 35.1 Å². The van der Waals surface area contributed by atoms with Crippen molar-refractivity contribution in [3.8, 4) is 5.75 Å². The van der Waals surface area contributed by atoms with Crippen molar-refractivity contribution in [3.63, 3.8) is 0 Å². The molecule has 1 saturated heterocycles. The molecule has 7 nitrogen and oxygen atoms in total. The van der Waals surface area contributed by atoms with Crippen LogP contribution in [0.4, 0.5) is 0 Å². The standard InChI is InChI=1S/C22H31BrN2O5/c1-3-5-7-13-30-20(26)15-18-21(27)24-10-11-25(18)22(28)17-14-16(23)8-9-19(17)29-12-6-4-2/h8-9,14,18H,3-7,10-13,15H2,1-2H3,(H,24,27). The summed E-state index contributed by atoms with van der Waals surface area (Å²) >= 11 is 3.40. The molecule has 0 aliphatic carbocycles. The molecule has 8 heteroatoms. The number of carbonyl (C=O) groups is 3. The second kappa shape index (κ2) is 12.6. The summed E-state index contributed by atoms with van der Waals surface area (Å²) in [4.78, 5) is 39.5. The molecule has 1 heterocycles. The van der Waals surface area contributed by atoms with Crippen LogP contribution in [0.2, 0.25) is 0 Å². The van der Waals surface area contributed by atoms with Crippen molar-refractivity contribution in [1.29, 1.82) is 0 Å². The molecule has 1 aromatic rings. The van der Waals surface area contributed by atoms with Gasteiger partial charge in [-0.3, -0.25) is 14.4 Å². The maximum atomic E-state index is 13.3. The van der Waals surface area contributed by atoms with Crippen LogP contribution in [-0.2, 0) is 14.3 Å². The molecular weight excluding hydrogens is 452 g/mol. The molecule has 0 spiro atoms. The molecule has 0 aromatic heterocycles. The number of unbranched alkanes of at least 4 members (excludes halogenated alkanes) is 3. The van der Waals surface area contributed by atoms with Crippen LogP contribution >= 0.6 is 15.9 Å². The molecule has 1 atom stereocenters. The van der Waals surface area contributed by atoms with Gasteiger partial charge < -0.3 is 19.7 Å². The van der Waals surface area contributed by atoms with Crippen molar-refractivity contribution in [2.75, 3.05) is 26.3 Å². The van der Waals surface area contributed by atoms with Crippen LogP contribution in [0.5, 0.6) is 5.75 Å². The number of piperazine rings is 1. The van der Waals surface area contributed by atoms with E-state index < -0.39 is 12.0 Å². The number of rotatable bonds is 11. The lowest BCUT2D eigenvalue weighted by Crippen LogP contribution is -2.57. The summed E-state index contributed by atoms with van der Waals surface area (Å²) in [6.45, 7) is 5.63. The zero-order valence-electron chi connectivity index (χ0n) is 17.7. The normalized spacial score (nSPS) is 16.2. The van der Waals surface area contributed by atoms with E-state index in [9.17, 15) is 14.4 Å². The summed E-state index contributed by atoms with van der Waals surface area (Å²) in [5.74, 6) is -0.673. The molecule has 1 unspecified atom stereocenters. The van der Waals surface area contributed by atoms with Crippen LogP contribution in [0.15, 0.2) is 22.7 Å². The van der Waals surface area contributed by atoms with E-state index in [0.717, 1.165) is 36.6 Å². The first-order chi connectivity index (χ1) is 14.5. The van der Waals surface area contributed by atoms with Crippen LogP contribution in [0, 0.1) is 0 Å². The van der Waals surface area contributed by atoms with Crippen LogP contribution in [0.3, 0.4) is 0 Å². The average Bonchev–Trinajstić information content (AvgIpc) is 2.73. The highest BCUT2D eigenvalue weighted by Gasteiger charge is 2.36. The zero-order chi connectivity index (χ0) is 21.9. The Bertz CT molecular complexity index is 740. The van der Waals surface area contributed by atoms with Gasteiger partial charge in [-0.2, -0.15) is 0 Å². The predicted molar refractivity (Wildman–Crippen MR) is 117 cm³/mol. The molecule has 1 fully saturated rings. The minimum absolute atomic E-state index is 0.163. The van der Waals surface area contributed by atoms with Crippen LogP contribution in [0.25, 0.3) is 0 Å². The summed E-state index contributed by atoms with van der Waals surface area (Å²) < 4.78 is 11.8. The van der Waals surface area contributed by atoms with E-state index in [4.69, 9.17) is 9.47 Å². The number of benzene rings is 1. The van der Waals surface area contributed by atoms with Gasteiger partial charge >= 0.3 is 5.97 Å². The molecule has 166 valence electrons. The number of carbonyl (C=O) groups excluding carboxylic acids is 3. The van der Waals surface area contributed by atoms with E-state index in [-0.39, 0.29) is 18.2 Å². The number of ether oxygens (including phenoxy) is 2. The van der Waals surface area contributed by atoms with Gasteiger partial charge in [0.05, 0.1) is 25.2 Å². The van der Waals surface area contributed by atoms with Crippen molar-refractivity contribution in [2.45, 2.75) is 58.4 Å².